The molecule has 0 aromatic heterocycles. The molecule has 0 aromatic carbocycles. The molecule has 0 amide bonds. The number of hydrogen-bond donors (Lipinski definition) is 1. The Morgan fingerprint density at radius 1 is 1.33 bits per heavy atom. The van der Waals surface area contributed by atoms with Gasteiger partial charge in [0.25, 0.3) is 0 Å². The van der Waals surface area contributed by atoms with E-state index in [1.807, 2.05) is 13.8 Å². The van der Waals surface area contributed by atoms with Gasteiger partial charge in [-0.05, 0) is 0 Å². The van der Waals surface area contributed by atoms with Crippen LogP contribution < -0.4 is 0 Å². The number of hydrogen-bond acceptors (Lipinski definition) is 4. The van der Waals surface area contributed by atoms with Crippen LogP contribution in [0.1, 0.15) is 13.8 Å². The summed E-state index contributed by atoms with van der Waals surface area (Å²) in [6.45, 7) is 5.25. The molecular weight excluding hydrogens is 142 g/mol. The first-order valence-corrected chi connectivity index (χ1v) is 3.25. The summed E-state index contributed by atoms with van der Waals surface area (Å²) in [6, 6.07) is 0. The molecule has 0 aromatic rings. The molecule has 0 rings (SSSR count). The van der Waals surface area contributed by atoms with E-state index in [1.54, 1.807) is 0 Å². The minimum atomic E-state index is -0.750. The van der Waals surface area contributed by atoms with Gasteiger partial charge in [-0.2, -0.15) is 13.5 Å². The maximum atomic E-state index is 8.50. The highest BCUT2D eigenvalue weighted by molar-refractivity contribution is 7.51. The third kappa shape index (κ3) is 18.2. The molecule has 0 unspecified atom stereocenters. The average molecular weight is 153 g/mol. The fourth-order valence-corrected chi connectivity index (χ4v) is 0.224. The van der Waals surface area contributed by atoms with Crippen molar-refractivity contribution >= 4 is 11.6 Å². The van der Waals surface area contributed by atoms with Gasteiger partial charge in [0.2, 0.25) is 0 Å². The Morgan fingerprint density at radius 2 is 1.56 bits per heavy atom. The Morgan fingerprint density at radius 3 is 1.56 bits per heavy atom. The van der Waals surface area contributed by atoms with E-state index < -0.39 is 11.6 Å². The standard InChI is InChI=1S/C4H11NO.O2S/c1-3-5(6)4-2;1-3-2/h6H,3-4H2,1-2H3;. The minimum Gasteiger partial charge on any atom is -0.314 e. The molecule has 5 heteroatoms. The summed E-state index contributed by atoms with van der Waals surface area (Å²) in [4.78, 5) is 0. The van der Waals surface area contributed by atoms with Crippen molar-refractivity contribution in [2.75, 3.05) is 13.1 Å². The Balaban J connectivity index is 0. The number of rotatable bonds is 2. The van der Waals surface area contributed by atoms with Crippen molar-refractivity contribution < 1.29 is 13.6 Å². The smallest absolute Gasteiger partial charge is 0.314 e. The molecule has 0 aliphatic carbocycles. The van der Waals surface area contributed by atoms with Gasteiger partial charge >= 0.3 is 11.6 Å². The molecule has 56 valence electrons. The van der Waals surface area contributed by atoms with Crippen molar-refractivity contribution in [1.82, 2.24) is 5.06 Å². The Bertz CT molecular complexity index is 77.9. The first kappa shape index (κ1) is 11.5. The van der Waals surface area contributed by atoms with Gasteiger partial charge in [0.05, 0.1) is 0 Å². The summed E-state index contributed by atoms with van der Waals surface area (Å²) >= 11 is -0.750. The summed E-state index contributed by atoms with van der Waals surface area (Å²) in [5.74, 6) is 0. The highest BCUT2D eigenvalue weighted by atomic mass is 32.1. The summed E-state index contributed by atoms with van der Waals surface area (Å²) in [5.41, 5.74) is 0. The first-order valence-electron chi connectivity index (χ1n) is 2.58. The molecule has 4 nitrogen and oxygen atoms in total. The Hall–Kier alpha value is -0.260. The highest BCUT2D eigenvalue weighted by Crippen LogP contribution is 1.73. The minimum absolute atomic E-state index is 0.719. The van der Waals surface area contributed by atoms with Gasteiger partial charge in [0.1, 0.15) is 0 Å². The SMILES string of the molecule is CCN(O)CC.O=S=O. The fourth-order valence-electron chi connectivity index (χ4n) is 0.224. The van der Waals surface area contributed by atoms with Gasteiger partial charge in [-0.3, -0.25) is 0 Å². The summed E-state index contributed by atoms with van der Waals surface area (Å²) < 4.78 is 16.6. The van der Waals surface area contributed by atoms with Crippen molar-refractivity contribution in [2.24, 2.45) is 0 Å². The van der Waals surface area contributed by atoms with E-state index >= 15 is 0 Å². The van der Waals surface area contributed by atoms with Gasteiger partial charge in [0.15, 0.2) is 0 Å². The van der Waals surface area contributed by atoms with Crippen LogP contribution in [0.2, 0.25) is 0 Å². The quantitative estimate of drug-likeness (QED) is 0.569. The zero-order valence-electron chi connectivity index (χ0n) is 5.53. The Kier molecular flexibility index (Phi) is 13.7. The van der Waals surface area contributed by atoms with Crippen LogP contribution in [0.3, 0.4) is 0 Å². The van der Waals surface area contributed by atoms with Crippen molar-refractivity contribution in [3.05, 3.63) is 0 Å². The largest absolute Gasteiger partial charge is 0.335 e. The lowest BCUT2D eigenvalue weighted by molar-refractivity contribution is -0.0813. The van der Waals surface area contributed by atoms with Crippen LogP contribution in [-0.4, -0.2) is 31.8 Å². The van der Waals surface area contributed by atoms with E-state index in [9.17, 15) is 0 Å². The van der Waals surface area contributed by atoms with Crippen LogP contribution in [0.15, 0.2) is 0 Å². The molecular formula is C4H11NO3S. The normalized spacial score (nSPS) is 8.00. The third-order valence-electron chi connectivity index (χ3n) is 0.730. The summed E-state index contributed by atoms with van der Waals surface area (Å²) in [7, 11) is 0. The molecule has 0 bridgehead atoms. The molecule has 0 spiro atoms. The topological polar surface area (TPSA) is 57.6 Å². The van der Waals surface area contributed by atoms with E-state index in [2.05, 4.69) is 0 Å². The van der Waals surface area contributed by atoms with Crippen molar-refractivity contribution in [3.63, 3.8) is 0 Å². The maximum absolute atomic E-state index is 8.50. The predicted molar refractivity (Wildman–Crippen MR) is 33.6 cm³/mol. The third-order valence-corrected chi connectivity index (χ3v) is 0.730. The Labute approximate surface area is 58.0 Å². The summed E-state index contributed by atoms with van der Waals surface area (Å²) in [5, 5.41) is 9.75. The highest BCUT2D eigenvalue weighted by Gasteiger charge is 1.84. The number of hydroxylamine groups is 2. The summed E-state index contributed by atoms with van der Waals surface area (Å²) in [6.07, 6.45) is 0. The lowest BCUT2D eigenvalue weighted by Gasteiger charge is -2.05. The molecule has 0 aliphatic rings. The van der Waals surface area contributed by atoms with E-state index in [4.69, 9.17) is 13.6 Å². The molecule has 0 heterocycles. The second kappa shape index (κ2) is 10.7. The van der Waals surface area contributed by atoms with Crippen LogP contribution in [0.5, 0.6) is 0 Å². The molecule has 9 heavy (non-hydrogen) atoms. The lowest BCUT2D eigenvalue weighted by atomic mass is 10.6. The van der Waals surface area contributed by atoms with Crippen molar-refractivity contribution in [3.8, 4) is 0 Å². The molecule has 0 saturated heterocycles. The molecule has 0 aliphatic heterocycles. The van der Waals surface area contributed by atoms with Gasteiger partial charge in [0, 0.05) is 13.1 Å². The van der Waals surface area contributed by atoms with E-state index in [1.165, 1.54) is 5.06 Å². The zero-order chi connectivity index (χ0) is 7.70. The van der Waals surface area contributed by atoms with E-state index in [0.29, 0.717) is 0 Å². The van der Waals surface area contributed by atoms with Crippen LogP contribution in [0, 0.1) is 0 Å². The van der Waals surface area contributed by atoms with Gasteiger partial charge in [-0.15, -0.1) is 0 Å². The number of nitrogens with zero attached hydrogens (tertiary/aromatic N) is 1. The van der Waals surface area contributed by atoms with Gasteiger partial charge in [-0.1, -0.05) is 13.8 Å². The molecule has 0 fully saturated rings. The van der Waals surface area contributed by atoms with Crippen LogP contribution in [0.25, 0.3) is 0 Å². The van der Waals surface area contributed by atoms with Crippen LogP contribution in [-0.2, 0) is 11.6 Å². The fraction of sp³-hybridized carbons (Fsp3) is 1.00. The molecule has 0 radical (unpaired) electrons. The van der Waals surface area contributed by atoms with Gasteiger partial charge in [-0.25, -0.2) is 0 Å². The van der Waals surface area contributed by atoms with Crippen LogP contribution >= 0.6 is 0 Å². The first-order chi connectivity index (χ1) is 4.22. The van der Waals surface area contributed by atoms with E-state index in [0.717, 1.165) is 13.1 Å². The van der Waals surface area contributed by atoms with E-state index in [-0.39, 0.29) is 0 Å². The van der Waals surface area contributed by atoms with Gasteiger partial charge < -0.3 is 5.21 Å². The molecule has 0 saturated carbocycles. The second-order valence-electron chi connectivity index (χ2n) is 1.21. The average Bonchev–Trinajstić information content (AvgIpc) is 1.88. The maximum Gasteiger partial charge on any atom is 0.335 e. The molecule has 1 N–H and O–H groups in total. The lowest BCUT2D eigenvalue weighted by Crippen LogP contribution is -2.16. The zero-order valence-corrected chi connectivity index (χ0v) is 6.35. The van der Waals surface area contributed by atoms with Crippen molar-refractivity contribution in [2.45, 2.75) is 13.8 Å². The van der Waals surface area contributed by atoms with Crippen molar-refractivity contribution in [1.29, 1.82) is 0 Å². The van der Waals surface area contributed by atoms with Crippen LogP contribution in [0.4, 0.5) is 0 Å². The predicted octanol–water partition coefficient (Wildman–Crippen LogP) is 0.0472. The molecule has 0 atom stereocenters. The second-order valence-corrected chi connectivity index (χ2v) is 1.34. The monoisotopic (exact) mass is 153 g/mol.